The molecule has 0 saturated carbocycles. The molecule has 0 saturated heterocycles. The van der Waals surface area contributed by atoms with Crippen molar-refractivity contribution in [1.82, 2.24) is 4.90 Å². The highest BCUT2D eigenvalue weighted by Crippen LogP contribution is 2.03. The second-order valence-corrected chi connectivity index (χ2v) is 4.04. The molecule has 0 N–H and O–H groups in total. The summed E-state index contributed by atoms with van der Waals surface area (Å²) in [4.78, 5) is 13.1. The summed E-state index contributed by atoms with van der Waals surface area (Å²) in [5, 5.41) is 0. The Kier molecular flexibility index (Phi) is 9.59. The van der Waals surface area contributed by atoms with Gasteiger partial charge in [0, 0.05) is 6.54 Å². The van der Waals surface area contributed by atoms with Gasteiger partial charge in [-0.25, -0.2) is 0 Å². The molecule has 0 atom stereocenters. The van der Waals surface area contributed by atoms with E-state index in [1.165, 1.54) is 39.2 Å². The molecule has 0 fully saturated rings. The Morgan fingerprint density at radius 1 is 1.13 bits per heavy atom. The van der Waals surface area contributed by atoms with E-state index in [2.05, 4.69) is 23.6 Å². The fourth-order valence-corrected chi connectivity index (χ4v) is 1.48. The quantitative estimate of drug-likeness (QED) is 0.437. The molecule has 0 aromatic heterocycles. The average molecular weight is 215 g/mol. The summed E-state index contributed by atoms with van der Waals surface area (Å²) in [5.74, 6) is -0.118. The molecule has 90 valence electrons. The lowest BCUT2D eigenvalue weighted by Crippen LogP contribution is -2.23. The number of methoxy groups -OCH3 is 1. The summed E-state index contributed by atoms with van der Waals surface area (Å²) < 4.78 is 4.59. The largest absolute Gasteiger partial charge is 0.469 e. The van der Waals surface area contributed by atoms with Gasteiger partial charge in [0.15, 0.2) is 0 Å². The molecule has 0 aliphatic carbocycles. The maximum absolute atomic E-state index is 10.9. The summed E-state index contributed by atoms with van der Waals surface area (Å²) in [6.45, 7) is 4.11. The lowest BCUT2D eigenvalue weighted by atomic mass is 10.1. The summed E-state index contributed by atoms with van der Waals surface area (Å²) in [6, 6.07) is 0. The van der Waals surface area contributed by atoms with Gasteiger partial charge in [-0.3, -0.25) is 4.79 Å². The third kappa shape index (κ3) is 9.73. The first-order valence-corrected chi connectivity index (χ1v) is 5.96. The van der Waals surface area contributed by atoms with Gasteiger partial charge in [-0.15, -0.1) is 0 Å². The Morgan fingerprint density at radius 3 is 2.40 bits per heavy atom. The third-order valence-corrected chi connectivity index (χ3v) is 2.57. The van der Waals surface area contributed by atoms with Crippen LogP contribution in [-0.4, -0.2) is 38.1 Å². The lowest BCUT2D eigenvalue weighted by Gasteiger charge is -2.15. The third-order valence-electron chi connectivity index (χ3n) is 2.57. The van der Waals surface area contributed by atoms with Crippen molar-refractivity contribution >= 4 is 5.97 Å². The highest BCUT2D eigenvalue weighted by atomic mass is 16.5. The molecule has 0 aliphatic rings. The van der Waals surface area contributed by atoms with Crippen LogP contribution in [0.25, 0.3) is 0 Å². The minimum absolute atomic E-state index is 0.118. The van der Waals surface area contributed by atoms with Crippen molar-refractivity contribution in [2.75, 3.05) is 27.2 Å². The molecule has 0 heterocycles. The molecule has 15 heavy (non-hydrogen) atoms. The molecule has 0 bridgehead atoms. The van der Waals surface area contributed by atoms with E-state index in [1.807, 2.05) is 0 Å². The number of rotatable bonds is 9. The van der Waals surface area contributed by atoms with Crippen LogP contribution in [0.15, 0.2) is 0 Å². The second kappa shape index (κ2) is 9.97. The zero-order valence-electron chi connectivity index (χ0n) is 10.4. The molecule has 0 radical (unpaired) electrons. The first-order valence-electron chi connectivity index (χ1n) is 5.96. The molecule has 0 rings (SSSR count). The van der Waals surface area contributed by atoms with Crippen LogP contribution in [-0.2, 0) is 9.53 Å². The highest BCUT2D eigenvalue weighted by molar-refractivity contribution is 5.69. The maximum Gasteiger partial charge on any atom is 0.306 e. The minimum atomic E-state index is -0.118. The summed E-state index contributed by atoms with van der Waals surface area (Å²) in [6.07, 6.45) is 7.00. The van der Waals surface area contributed by atoms with Crippen molar-refractivity contribution < 1.29 is 9.53 Å². The smallest absolute Gasteiger partial charge is 0.306 e. The Bertz CT molecular complexity index is 160. The number of hydrogen-bond donors (Lipinski definition) is 0. The monoisotopic (exact) mass is 215 g/mol. The maximum atomic E-state index is 10.9. The van der Waals surface area contributed by atoms with Crippen LogP contribution in [0.2, 0.25) is 0 Å². The van der Waals surface area contributed by atoms with Crippen LogP contribution in [0.4, 0.5) is 0 Å². The minimum Gasteiger partial charge on any atom is -0.469 e. The SMILES string of the molecule is CCCCCCCN(C)CCC(=O)OC. The Labute approximate surface area is 93.8 Å². The van der Waals surface area contributed by atoms with Gasteiger partial charge in [-0.05, 0) is 20.0 Å². The molecule has 0 aromatic carbocycles. The van der Waals surface area contributed by atoms with E-state index in [0.29, 0.717) is 6.42 Å². The number of ether oxygens (including phenoxy) is 1. The second-order valence-electron chi connectivity index (χ2n) is 4.04. The molecule has 3 heteroatoms. The molecule has 0 aromatic rings. The molecule has 0 amide bonds. The Morgan fingerprint density at radius 2 is 1.80 bits per heavy atom. The van der Waals surface area contributed by atoms with E-state index in [-0.39, 0.29) is 5.97 Å². The number of hydrogen-bond acceptors (Lipinski definition) is 3. The van der Waals surface area contributed by atoms with E-state index in [0.717, 1.165) is 13.1 Å². The van der Waals surface area contributed by atoms with Crippen molar-refractivity contribution in [3.8, 4) is 0 Å². The van der Waals surface area contributed by atoms with E-state index in [1.54, 1.807) is 0 Å². The number of nitrogens with zero attached hydrogens (tertiary/aromatic N) is 1. The molecular weight excluding hydrogens is 190 g/mol. The van der Waals surface area contributed by atoms with Crippen LogP contribution in [0.3, 0.4) is 0 Å². The Hall–Kier alpha value is -0.570. The van der Waals surface area contributed by atoms with Crippen molar-refractivity contribution in [1.29, 1.82) is 0 Å². The molecule has 0 aliphatic heterocycles. The van der Waals surface area contributed by atoms with Crippen molar-refractivity contribution in [3.05, 3.63) is 0 Å². The molecule has 0 spiro atoms. The van der Waals surface area contributed by atoms with Crippen LogP contribution < -0.4 is 0 Å². The van der Waals surface area contributed by atoms with Gasteiger partial charge in [0.2, 0.25) is 0 Å². The normalized spacial score (nSPS) is 10.7. The average Bonchev–Trinajstić information content (AvgIpc) is 2.25. The van der Waals surface area contributed by atoms with Gasteiger partial charge < -0.3 is 9.64 Å². The van der Waals surface area contributed by atoms with Gasteiger partial charge in [0.25, 0.3) is 0 Å². The van der Waals surface area contributed by atoms with Crippen molar-refractivity contribution in [3.63, 3.8) is 0 Å². The molecule has 0 unspecified atom stereocenters. The predicted octanol–water partition coefficient (Wildman–Crippen LogP) is 2.45. The molecule has 3 nitrogen and oxygen atoms in total. The topological polar surface area (TPSA) is 29.5 Å². The van der Waals surface area contributed by atoms with Crippen LogP contribution in [0, 0.1) is 0 Å². The summed E-state index contributed by atoms with van der Waals surface area (Å²) >= 11 is 0. The van der Waals surface area contributed by atoms with Gasteiger partial charge in [-0.2, -0.15) is 0 Å². The van der Waals surface area contributed by atoms with Gasteiger partial charge in [0.1, 0.15) is 0 Å². The van der Waals surface area contributed by atoms with E-state index < -0.39 is 0 Å². The zero-order valence-corrected chi connectivity index (χ0v) is 10.4. The van der Waals surface area contributed by atoms with Crippen molar-refractivity contribution in [2.24, 2.45) is 0 Å². The Balaban J connectivity index is 3.25. The standard InChI is InChI=1S/C12H25NO2/c1-4-5-6-7-8-10-13(2)11-9-12(14)15-3/h4-11H2,1-3H3. The number of carbonyl (C=O) groups is 1. The molecular formula is C12H25NO2. The summed E-state index contributed by atoms with van der Waals surface area (Å²) in [5.41, 5.74) is 0. The zero-order chi connectivity index (χ0) is 11.5. The number of esters is 1. The van der Waals surface area contributed by atoms with Gasteiger partial charge in [-0.1, -0.05) is 32.6 Å². The highest BCUT2D eigenvalue weighted by Gasteiger charge is 2.03. The first-order chi connectivity index (χ1) is 7.20. The fourth-order valence-electron chi connectivity index (χ4n) is 1.48. The first kappa shape index (κ1) is 14.4. The lowest BCUT2D eigenvalue weighted by molar-refractivity contribution is -0.140. The van der Waals surface area contributed by atoms with E-state index in [9.17, 15) is 4.79 Å². The number of unbranched alkanes of at least 4 members (excludes halogenated alkanes) is 4. The van der Waals surface area contributed by atoms with Crippen LogP contribution in [0.1, 0.15) is 45.4 Å². The van der Waals surface area contributed by atoms with E-state index in [4.69, 9.17) is 0 Å². The van der Waals surface area contributed by atoms with Crippen molar-refractivity contribution in [2.45, 2.75) is 45.4 Å². The van der Waals surface area contributed by atoms with E-state index >= 15 is 0 Å². The van der Waals surface area contributed by atoms with Gasteiger partial charge in [0.05, 0.1) is 13.5 Å². The van der Waals surface area contributed by atoms with Crippen LogP contribution in [0.5, 0.6) is 0 Å². The summed E-state index contributed by atoms with van der Waals surface area (Å²) in [7, 11) is 3.50. The number of carbonyl (C=O) groups excluding carboxylic acids is 1. The van der Waals surface area contributed by atoms with Crippen LogP contribution >= 0.6 is 0 Å². The predicted molar refractivity (Wildman–Crippen MR) is 62.9 cm³/mol. The van der Waals surface area contributed by atoms with Gasteiger partial charge >= 0.3 is 5.97 Å². The fraction of sp³-hybridized carbons (Fsp3) is 0.917.